The molecule has 5 nitrogen and oxygen atoms in total. The molecule has 4 fully saturated rings. The number of rotatable bonds is 5. The van der Waals surface area contributed by atoms with Gasteiger partial charge in [-0.1, -0.05) is 26.3 Å². The predicted octanol–water partition coefficient (Wildman–Crippen LogP) is 5.22. The van der Waals surface area contributed by atoms with E-state index in [4.69, 9.17) is 4.74 Å². The number of carbonyl (C=O) groups is 2. The fourth-order valence-electron chi connectivity index (χ4n) is 9.79. The monoisotopic (exact) mass is 474 g/mol. The minimum absolute atomic E-state index is 0.0105. The Hall–Kier alpha value is -1.20. The molecule has 0 radical (unpaired) electrons. The summed E-state index contributed by atoms with van der Waals surface area (Å²) in [7, 11) is 0. The molecule has 3 aliphatic carbocycles. The summed E-state index contributed by atoms with van der Waals surface area (Å²) in [5, 5.41) is 22.7. The predicted molar refractivity (Wildman–Crippen MR) is 132 cm³/mol. The summed E-state index contributed by atoms with van der Waals surface area (Å²) in [6.07, 6.45) is 6.39. The number of ether oxygens (including phenoxy) is 1. The molecule has 0 amide bonds. The third-order valence-corrected chi connectivity index (χ3v) is 11.0. The van der Waals surface area contributed by atoms with E-state index in [0.29, 0.717) is 6.42 Å². The van der Waals surface area contributed by atoms with Gasteiger partial charge in [-0.2, -0.15) is 0 Å². The third-order valence-electron chi connectivity index (χ3n) is 11.0. The average Bonchev–Trinajstić information content (AvgIpc) is 2.97. The minimum Gasteiger partial charge on any atom is -0.462 e. The number of allylic oxidation sites excluding steroid dienone is 2. The van der Waals surface area contributed by atoms with Crippen LogP contribution >= 0.6 is 0 Å². The maximum atomic E-state index is 12.9. The lowest BCUT2D eigenvalue weighted by atomic mass is 9.36. The highest BCUT2D eigenvalue weighted by Crippen LogP contribution is 2.75. The second-order valence-corrected chi connectivity index (χ2v) is 14.0. The van der Waals surface area contributed by atoms with Crippen LogP contribution in [-0.2, 0) is 14.3 Å². The number of carbonyl (C=O) groups excluding carboxylic acids is 2. The summed E-state index contributed by atoms with van der Waals surface area (Å²) < 4.78 is 6.09. The van der Waals surface area contributed by atoms with Crippen LogP contribution in [0.15, 0.2) is 11.6 Å². The van der Waals surface area contributed by atoms with Crippen LogP contribution in [0.1, 0.15) is 100 Å². The number of ketones is 1. The molecule has 4 rings (SSSR count). The summed E-state index contributed by atoms with van der Waals surface area (Å²) in [6.45, 7) is 16.4. The van der Waals surface area contributed by atoms with Gasteiger partial charge in [0.25, 0.3) is 0 Å². The van der Waals surface area contributed by atoms with Gasteiger partial charge in [0.1, 0.15) is 6.10 Å². The van der Waals surface area contributed by atoms with E-state index in [2.05, 4.69) is 20.8 Å². The maximum absolute atomic E-state index is 12.9. The van der Waals surface area contributed by atoms with E-state index in [-0.39, 0.29) is 64.2 Å². The standard InChI is InChI=1S/C29H46O5/c1-17(2)13-18(30)15-29(8,33)19-9-11-27(6)20(19)14-21-24-26(5,16-23(31)34-21)22(25(3,4)32)10-12-28(24,27)7/h13,19-22,24,32-33H,9-12,14-16H2,1-8H3. The van der Waals surface area contributed by atoms with Crippen molar-refractivity contribution in [2.75, 3.05) is 0 Å². The SMILES string of the molecule is CC(C)=CC(=O)CC(C)(O)C1CCC2(C)C1CC1OC(=O)CC3(C)C(C(C)(C)O)CCC2(C)C13. The second-order valence-electron chi connectivity index (χ2n) is 14.0. The van der Waals surface area contributed by atoms with Gasteiger partial charge in [0.05, 0.1) is 17.6 Å². The summed E-state index contributed by atoms with van der Waals surface area (Å²) in [5.74, 6) is 0.202. The Morgan fingerprint density at radius 2 is 1.71 bits per heavy atom. The van der Waals surface area contributed by atoms with Gasteiger partial charge in [-0.15, -0.1) is 0 Å². The molecule has 192 valence electrons. The van der Waals surface area contributed by atoms with Gasteiger partial charge in [-0.05, 0) is 107 Å². The van der Waals surface area contributed by atoms with Crippen LogP contribution in [-0.4, -0.2) is 39.3 Å². The Morgan fingerprint density at radius 3 is 2.29 bits per heavy atom. The van der Waals surface area contributed by atoms with Gasteiger partial charge in [0, 0.05) is 12.3 Å². The Bertz CT molecular complexity index is 893. The number of hydrogen-bond donors (Lipinski definition) is 2. The smallest absolute Gasteiger partial charge is 0.306 e. The van der Waals surface area contributed by atoms with E-state index in [1.165, 1.54) is 0 Å². The Labute approximate surface area is 205 Å². The van der Waals surface area contributed by atoms with E-state index >= 15 is 0 Å². The van der Waals surface area contributed by atoms with E-state index in [0.717, 1.165) is 37.7 Å². The van der Waals surface area contributed by atoms with Crippen LogP contribution in [0.25, 0.3) is 0 Å². The van der Waals surface area contributed by atoms with Gasteiger partial charge in [-0.3, -0.25) is 9.59 Å². The molecule has 4 aliphatic rings. The van der Waals surface area contributed by atoms with Gasteiger partial charge in [0.15, 0.2) is 5.78 Å². The number of aliphatic hydroxyl groups is 2. The third kappa shape index (κ3) is 3.72. The van der Waals surface area contributed by atoms with Crippen molar-refractivity contribution >= 4 is 11.8 Å². The lowest BCUT2D eigenvalue weighted by Crippen LogP contribution is -2.69. The summed E-state index contributed by atoms with van der Waals surface area (Å²) in [6, 6.07) is 0. The van der Waals surface area contributed by atoms with Gasteiger partial charge < -0.3 is 14.9 Å². The first kappa shape index (κ1) is 25.9. The number of hydrogen-bond acceptors (Lipinski definition) is 5. The Balaban J connectivity index is 1.72. The largest absolute Gasteiger partial charge is 0.462 e. The first-order chi connectivity index (χ1) is 15.5. The minimum atomic E-state index is -1.10. The molecule has 2 N–H and O–H groups in total. The van der Waals surface area contributed by atoms with Crippen molar-refractivity contribution < 1.29 is 24.5 Å². The van der Waals surface area contributed by atoms with Crippen LogP contribution in [0.3, 0.4) is 0 Å². The molecule has 5 heteroatoms. The van der Waals surface area contributed by atoms with Crippen molar-refractivity contribution in [1.82, 2.24) is 0 Å². The molecule has 3 saturated carbocycles. The number of esters is 1. The van der Waals surface area contributed by atoms with Crippen molar-refractivity contribution in [1.29, 1.82) is 0 Å². The van der Waals surface area contributed by atoms with Gasteiger partial charge in [0.2, 0.25) is 0 Å². The van der Waals surface area contributed by atoms with Crippen molar-refractivity contribution in [3.8, 4) is 0 Å². The Kier molecular flexibility index (Phi) is 6.01. The van der Waals surface area contributed by atoms with Crippen molar-refractivity contribution in [2.45, 2.75) is 118 Å². The highest BCUT2D eigenvalue weighted by atomic mass is 16.5. The molecule has 9 unspecified atom stereocenters. The van der Waals surface area contributed by atoms with E-state index in [1.807, 2.05) is 34.6 Å². The first-order valence-corrected chi connectivity index (χ1v) is 13.3. The van der Waals surface area contributed by atoms with Crippen molar-refractivity contribution in [2.24, 2.45) is 39.9 Å². The Morgan fingerprint density at radius 1 is 1.09 bits per heavy atom. The zero-order valence-electron chi connectivity index (χ0n) is 22.5. The molecule has 9 atom stereocenters. The zero-order chi connectivity index (χ0) is 25.5. The van der Waals surface area contributed by atoms with E-state index in [9.17, 15) is 19.8 Å². The van der Waals surface area contributed by atoms with Crippen molar-refractivity contribution in [3.05, 3.63) is 11.6 Å². The topological polar surface area (TPSA) is 83.8 Å². The molecule has 0 aromatic carbocycles. The van der Waals surface area contributed by atoms with Crippen LogP contribution in [0, 0.1) is 39.9 Å². The fraction of sp³-hybridized carbons (Fsp3) is 0.862. The molecule has 0 aromatic heterocycles. The quantitative estimate of drug-likeness (QED) is 0.421. The zero-order valence-corrected chi connectivity index (χ0v) is 22.5. The maximum Gasteiger partial charge on any atom is 0.306 e. The van der Waals surface area contributed by atoms with Crippen LogP contribution < -0.4 is 0 Å². The highest BCUT2D eigenvalue weighted by molar-refractivity contribution is 5.90. The summed E-state index contributed by atoms with van der Waals surface area (Å²) in [5.41, 5.74) is -1.41. The molecule has 1 saturated heterocycles. The average molecular weight is 475 g/mol. The molecule has 34 heavy (non-hydrogen) atoms. The van der Waals surface area contributed by atoms with Crippen LogP contribution in [0.2, 0.25) is 0 Å². The fourth-order valence-corrected chi connectivity index (χ4v) is 9.79. The second kappa shape index (κ2) is 7.90. The highest BCUT2D eigenvalue weighted by Gasteiger charge is 2.72. The molecule has 1 heterocycles. The van der Waals surface area contributed by atoms with E-state index in [1.54, 1.807) is 6.08 Å². The van der Waals surface area contributed by atoms with Crippen LogP contribution in [0.4, 0.5) is 0 Å². The molecule has 0 bridgehead atoms. The first-order valence-electron chi connectivity index (χ1n) is 13.3. The van der Waals surface area contributed by atoms with Gasteiger partial charge >= 0.3 is 5.97 Å². The molecule has 0 aromatic rings. The van der Waals surface area contributed by atoms with Crippen LogP contribution in [0.5, 0.6) is 0 Å². The van der Waals surface area contributed by atoms with Gasteiger partial charge in [-0.25, -0.2) is 0 Å². The lowest BCUT2D eigenvalue weighted by Gasteiger charge is -2.70. The summed E-state index contributed by atoms with van der Waals surface area (Å²) in [4.78, 5) is 25.5. The lowest BCUT2D eigenvalue weighted by molar-refractivity contribution is -0.267. The molecule has 0 spiro atoms. The van der Waals surface area contributed by atoms with E-state index < -0.39 is 11.2 Å². The number of fused-ring (bicyclic) bond motifs is 2. The molecule has 1 aliphatic heterocycles. The van der Waals surface area contributed by atoms with Crippen molar-refractivity contribution in [3.63, 3.8) is 0 Å². The normalized spacial score (nSPS) is 45.5. The summed E-state index contributed by atoms with van der Waals surface area (Å²) >= 11 is 0. The molecular weight excluding hydrogens is 428 g/mol. The molecular formula is C29H46O5.